The summed E-state index contributed by atoms with van der Waals surface area (Å²) >= 11 is 0. The Morgan fingerprint density at radius 1 is 1.39 bits per heavy atom. The molecule has 0 aliphatic heterocycles. The zero-order valence-electron chi connectivity index (χ0n) is 9.78. The highest BCUT2D eigenvalue weighted by molar-refractivity contribution is 5.62. The molecule has 0 radical (unpaired) electrons. The van der Waals surface area contributed by atoms with Gasteiger partial charge in [0.1, 0.15) is 11.5 Å². The van der Waals surface area contributed by atoms with E-state index in [1.54, 1.807) is 0 Å². The standard InChI is InChI=1S/C10H12F2N2O4/c1-17-9(18-2)5-13-8-4-6(11)3-7(12)10(8)14(15)16/h3-4,9,13H,5H2,1-2H3. The van der Waals surface area contributed by atoms with E-state index in [1.807, 2.05) is 0 Å². The van der Waals surface area contributed by atoms with Crippen molar-refractivity contribution in [1.29, 1.82) is 0 Å². The summed E-state index contributed by atoms with van der Waals surface area (Å²) in [7, 11) is 2.74. The van der Waals surface area contributed by atoms with Crippen molar-refractivity contribution in [2.75, 3.05) is 26.1 Å². The molecule has 1 aromatic carbocycles. The number of nitro groups is 1. The Kier molecular flexibility index (Phi) is 4.93. The second-order valence-electron chi connectivity index (χ2n) is 3.32. The molecule has 1 rings (SSSR count). The first kappa shape index (κ1) is 14.3. The number of rotatable bonds is 6. The van der Waals surface area contributed by atoms with Crippen LogP contribution in [0.2, 0.25) is 0 Å². The molecule has 0 aromatic heterocycles. The molecule has 0 bridgehead atoms. The first-order valence-corrected chi connectivity index (χ1v) is 4.92. The second kappa shape index (κ2) is 6.22. The largest absolute Gasteiger partial charge is 0.374 e. The van der Waals surface area contributed by atoms with Gasteiger partial charge < -0.3 is 14.8 Å². The Morgan fingerprint density at radius 2 is 2.00 bits per heavy atom. The molecule has 0 saturated carbocycles. The van der Waals surface area contributed by atoms with Crippen molar-refractivity contribution in [2.24, 2.45) is 0 Å². The van der Waals surface area contributed by atoms with Crippen molar-refractivity contribution < 1.29 is 23.2 Å². The summed E-state index contributed by atoms with van der Waals surface area (Å²) in [6.07, 6.45) is -0.684. The third-order valence-corrected chi connectivity index (χ3v) is 2.20. The molecule has 1 aromatic rings. The van der Waals surface area contributed by atoms with Gasteiger partial charge in [-0.05, 0) is 0 Å². The van der Waals surface area contributed by atoms with Gasteiger partial charge in [0.2, 0.25) is 5.82 Å². The number of nitrogens with zero attached hydrogens (tertiary/aromatic N) is 1. The number of anilines is 1. The van der Waals surface area contributed by atoms with Crippen LogP contribution in [0.1, 0.15) is 0 Å². The molecule has 6 nitrogen and oxygen atoms in total. The summed E-state index contributed by atoms with van der Waals surface area (Å²) in [5.74, 6) is -2.15. The van der Waals surface area contributed by atoms with E-state index in [2.05, 4.69) is 5.32 Å². The third kappa shape index (κ3) is 3.34. The average Bonchev–Trinajstić information content (AvgIpc) is 2.28. The zero-order chi connectivity index (χ0) is 13.7. The summed E-state index contributed by atoms with van der Waals surface area (Å²) in [4.78, 5) is 9.75. The zero-order valence-corrected chi connectivity index (χ0v) is 9.78. The fourth-order valence-corrected chi connectivity index (χ4v) is 1.34. The van der Waals surface area contributed by atoms with Crippen molar-refractivity contribution in [1.82, 2.24) is 0 Å². The van der Waals surface area contributed by atoms with Gasteiger partial charge in [0.25, 0.3) is 0 Å². The fourth-order valence-electron chi connectivity index (χ4n) is 1.34. The van der Waals surface area contributed by atoms with Gasteiger partial charge in [-0.15, -0.1) is 0 Å². The highest BCUT2D eigenvalue weighted by Crippen LogP contribution is 2.28. The van der Waals surface area contributed by atoms with Gasteiger partial charge in [-0.1, -0.05) is 0 Å². The number of hydrogen-bond donors (Lipinski definition) is 1. The van der Waals surface area contributed by atoms with E-state index in [0.29, 0.717) is 6.07 Å². The lowest BCUT2D eigenvalue weighted by Gasteiger charge is -2.15. The Hall–Kier alpha value is -1.80. The minimum Gasteiger partial charge on any atom is -0.374 e. The lowest BCUT2D eigenvalue weighted by Crippen LogP contribution is -2.24. The first-order valence-electron chi connectivity index (χ1n) is 4.92. The van der Waals surface area contributed by atoms with Crippen molar-refractivity contribution in [3.05, 3.63) is 33.9 Å². The quantitative estimate of drug-likeness (QED) is 0.481. The van der Waals surface area contributed by atoms with Crippen LogP contribution in [0.5, 0.6) is 0 Å². The van der Waals surface area contributed by atoms with E-state index in [0.717, 1.165) is 6.07 Å². The Labute approximate surface area is 102 Å². The lowest BCUT2D eigenvalue weighted by atomic mass is 10.2. The number of methoxy groups -OCH3 is 2. The van der Waals surface area contributed by atoms with Crippen LogP contribution in [0.15, 0.2) is 12.1 Å². The van der Waals surface area contributed by atoms with E-state index in [9.17, 15) is 18.9 Å². The molecule has 0 unspecified atom stereocenters. The van der Waals surface area contributed by atoms with E-state index in [-0.39, 0.29) is 12.2 Å². The van der Waals surface area contributed by atoms with E-state index >= 15 is 0 Å². The molecule has 0 spiro atoms. The predicted molar refractivity (Wildman–Crippen MR) is 59.3 cm³/mol. The number of ether oxygens (including phenoxy) is 2. The SMILES string of the molecule is COC(CNc1cc(F)cc(F)c1[N+](=O)[O-])OC. The summed E-state index contributed by atoms with van der Waals surface area (Å²) in [5.41, 5.74) is -1.08. The molecule has 18 heavy (non-hydrogen) atoms. The Bertz CT molecular complexity index is 438. The predicted octanol–water partition coefficient (Wildman–Crippen LogP) is 1.90. The Morgan fingerprint density at radius 3 is 2.50 bits per heavy atom. The van der Waals surface area contributed by atoms with Crippen molar-refractivity contribution in [2.45, 2.75) is 6.29 Å². The smallest absolute Gasteiger partial charge is 0.327 e. The van der Waals surface area contributed by atoms with Crippen molar-refractivity contribution in [3.63, 3.8) is 0 Å². The number of nitrogens with one attached hydrogen (secondary N) is 1. The Balaban J connectivity index is 2.96. The molecular weight excluding hydrogens is 250 g/mol. The van der Waals surface area contributed by atoms with Gasteiger partial charge in [0.05, 0.1) is 11.5 Å². The lowest BCUT2D eigenvalue weighted by molar-refractivity contribution is -0.386. The number of halogens is 2. The topological polar surface area (TPSA) is 73.6 Å². The monoisotopic (exact) mass is 262 g/mol. The van der Waals surface area contributed by atoms with Gasteiger partial charge in [-0.2, -0.15) is 4.39 Å². The highest BCUT2D eigenvalue weighted by Gasteiger charge is 2.22. The number of benzene rings is 1. The molecule has 0 amide bonds. The highest BCUT2D eigenvalue weighted by atomic mass is 19.1. The van der Waals surface area contributed by atoms with Crippen LogP contribution in [0.3, 0.4) is 0 Å². The second-order valence-corrected chi connectivity index (χ2v) is 3.32. The van der Waals surface area contributed by atoms with E-state index in [1.165, 1.54) is 14.2 Å². The minimum atomic E-state index is -1.24. The van der Waals surface area contributed by atoms with Crippen LogP contribution in [-0.4, -0.2) is 32.0 Å². The van der Waals surface area contributed by atoms with Gasteiger partial charge >= 0.3 is 5.69 Å². The fraction of sp³-hybridized carbons (Fsp3) is 0.400. The van der Waals surface area contributed by atoms with Crippen molar-refractivity contribution in [3.8, 4) is 0 Å². The summed E-state index contributed by atoms with van der Waals surface area (Å²) < 4.78 is 35.9. The molecule has 0 aliphatic carbocycles. The summed E-state index contributed by atoms with van der Waals surface area (Å²) in [6.45, 7) is 0.0106. The van der Waals surface area contributed by atoms with Crippen LogP contribution in [0.4, 0.5) is 20.2 Å². The maximum absolute atomic E-state index is 13.3. The van der Waals surface area contributed by atoms with E-state index in [4.69, 9.17) is 9.47 Å². The summed E-state index contributed by atoms with van der Waals surface area (Å²) in [6, 6.07) is 1.29. The molecule has 0 saturated heterocycles. The van der Waals surface area contributed by atoms with E-state index < -0.39 is 28.5 Å². The molecule has 0 atom stereocenters. The van der Waals surface area contributed by atoms with Gasteiger partial charge in [0, 0.05) is 26.4 Å². The normalized spacial score (nSPS) is 10.7. The molecule has 0 heterocycles. The average molecular weight is 262 g/mol. The van der Waals surface area contributed by atoms with Crippen LogP contribution < -0.4 is 5.32 Å². The molecule has 100 valence electrons. The van der Waals surface area contributed by atoms with Gasteiger partial charge in [-0.25, -0.2) is 4.39 Å². The number of nitro benzene ring substituents is 1. The van der Waals surface area contributed by atoms with Crippen LogP contribution >= 0.6 is 0 Å². The number of hydrogen-bond acceptors (Lipinski definition) is 5. The van der Waals surface area contributed by atoms with Crippen LogP contribution in [0, 0.1) is 21.7 Å². The maximum Gasteiger partial charge on any atom is 0.327 e. The first-order chi connectivity index (χ1) is 8.49. The van der Waals surface area contributed by atoms with Gasteiger partial charge in [-0.3, -0.25) is 10.1 Å². The molecular formula is C10H12F2N2O4. The van der Waals surface area contributed by atoms with Gasteiger partial charge in [0.15, 0.2) is 6.29 Å². The molecule has 1 N–H and O–H groups in total. The molecule has 0 aliphatic rings. The summed E-state index contributed by atoms with van der Waals surface area (Å²) in [5, 5.41) is 13.2. The molecule has 8 heteroatoms. The van der Waals surface area contributed by atoms with Crippen LogP contribution in [0.25, 0.3) is 0 Å². The minimum absolute atomic E-state index is 0.0106. The maximum atomic E-state index is 13.3. The van der Waals surface area contributed by atoms with Crippen molar-refractivity contribution >= 4 is 11.4 Å². The third-order valence-electron chi connectivity index (χ3n) is 2.20. The molecule has 0 fully saturated rings. The van der Waals surface area contributed by atoms with Crippen LogP contribution in [-0.2, 0) is 9.47 Å².